The molecule has 0 spiro atoms. The molecule has 4 heteroatoms. The van der Waals surface area contributed by atoms with E-state index in [1.165, 1.54) is 0 Å². The maximum atomic E-state index is 12.3. The molecule has 0 aromatic heterocycles. The summed E-state index contributed by atoms with van der Waals surface area (Å²) < 4.78 is 0. The summed E-state index contributed by atoms with van der Waals surface area (Å²) in [4.78, 5) is 14.0. The summed E-state index contributed by atoms with van der Waals surface area (Å²) in [7, 11) is 0. The lowest BCUT2D eigenvalue weighted by molar-refractivity contribution is -0.136. The van der Waals surface area contributed by atoms with Crippen LogP contribution in [0.5, 0.6) is 0 Å². The lowest BCUT2D eigenvalue weighted by Gasteiger charge is -2.29. The van der Waals surface area contributed by atoms with Gasteiger partial charge in [0.05, 0.1) is 12.5 Å². The number of nitrogens with zero attached hydrogens (tertiary/aromatic N) is 1. The van der Waals surface area contributed by atoms with Gasteiger partial charge in [0.1, 0.15) is 0 Å². The van der Waals surface area contributed by atoms with E-state index in [0.29, 0.717) is 19.6 Å². The van der Waals surface area contributed by atoms with E-state index in [4.69, 9.17) is 10.8 Å². The minimum Gasteiger partial charge on any atom is -0.395 e. The van der Waals surface area contributed by atoms with Crippen molar-refractivity contribution in [2.75, 3.05) is 26.2 Å². The molecule has 0 fully saturated rings. The van der Waals surface area contributed by atoms with Crippen molar-refractivity contribution in [2.24, 2.45) is 17.1 Å². The van der Waals surface area contributed by atoms with E-state index in [0.717, 1.165) is 12.8 Å². The zero-order chi connectivity index (χ0) is 13.5. The predicted molar refractivity (Wildman–Crippen MR) is 70.6 cm³/mol. The van der Waals surface area contributed by atoms with Crippen molar-refractivity contribution in [3.05, 3.63) is 0 Å². The van der Waals surface area contributed by atoms with Gasteiger partial charge in [0.2, 0.25) is 5.91 Å². The van der Waals surface area contributed by atoms with Crippen LogP contribution in [-0.4, -0.2) is 42.2 Å². The summed E-state index contributed by atoms with van der Waals surface area (Å²) in [5, 5.41) is 8.97. The molecule has 0 rings (SSSR count). The van der Waals surface area contributed by atoms with Gasteiger partial charge in [-0.1, -0.05) is 27.7 Å². The Hall–Kier alpha value is -0.610. The van der Waals surface area contributed by atoms with Gasteiger partial charge in [-0.05, 0) is 18.3 Å². The molecule has 0 aromatic carbocycles. The second-order valence-corrected chi connectivity index (χ2v) is 5.75. The molecule has 3 N–H and O–H groups in total. The largest absolute Gasteiger partial charge is 0.395 e. The van der Waals surface area contributed by atoms with Crippen molar-refractivity contribution in [1.29, 1.82) is 0 Å². The van der Waals surface area contributed by atoms with E-state index in [1.807, 2.05) is 6.92 Å². The smallest absolute Gasteiger partial charge is 0.227 e. The zero-order valence-corrected chi connectivity index (χ0v) is 11.7. The molecule has 0 bridgehead atoms. The highest BCUT2D eigenvalue weighted by Gasteiger charge is 2.26. The lowest BCUT2D eigenvalue weighted by atomic mass is 9.84. The Morgan fingerprint density at radius 1 is 1.35 bits per heavy atom. The first-order valence-electron chi connectivity index (χ1n) is 6.45. The van der Waals surface area contributed by atoms with Gasteiger partial charge in [-0.15, -0.1) is 0 Å². The Balaban J connectivity index is 4.57. The van der Waals surface area contributed by atoms with Crippen LogP contribution in [0.2, 0.25) is 0 Å². The summed E-state index contributed by atoms with van der Waals surface area (Å²) >= 11 is 0. The molecular weight excluding hydrogens is 216 g/mol. The molecule has 0 saturated heterocycles. The summed E-state index contributed by atoms with van der Waals surface area (Å²) in [6, 6.07) is 0. The second-order valence-electron chi connectivity index (χ2n) is 5.75. The maximum Gasteiger partial charge on any atom is 0.227 e. The Kier molecular flexibility index (Phi) is 7.39. The van der Waals surface area contributed by atoms with Gasteiger partial charge in [0.25, 0.3) is 0 Å². The van der Waals surface area contributed by atoms with Crippen LogP contribution in [-0.2, 0) is 4.79 Å². The molecule has 0 aliphatic heterocycles. The standard InChI is InChI=1S/C13H28N2O2/c1-5-6-15(7-8-16)12(17)11(10-14)9-13(2,3)4/h11,16H,5-10,14H2,1-4H3. The number of hydrogen-bond acceptors (Lipinski definition) is 3. The molecule has 102 valence electrons. The van der Waals surface area contributed by atoms with Crippen LogP contribution in [0.25, 0.3) is 0 Å². The van der Waals surface area contributed by atoms with E-state index in [1.54, 1.807) is 4.90 Å². The van der Waals surface area contributed by atoms with E-state index in [2.05, 4.69) is 20.8 Å². The fourth-order valence-corrected chi connectivity index (χ4v) is 1.99. The first-order chi connectivity index (χ1) is 7.85. The molecule has 0 heterocycles. The van der Waals surface area contributed by atoms with Crippen LogP contribution in [0, 0.1) is 11.3 Å². The lowest BCUT2D eigenvalue weighted by Crippen LogP contribution is -2.42. The Bertz CT molecular complexity index is 218. The number of rotatable bonds is 7. The molecule has 0 aromatic rings. The third-order valence-corrected chi connectivity index (χ3v) is 2.67. The summed E-state index contributed by atoms with van der Waals surface area (Å²) in [6.07, 6.45) is 1.69. The average Bonchev–Trinajstić information content (AvgIpc) is 2.23. The summed E-state index contributed by atoms with van der Waals surface area (Å²) in [5.41, 5.74) is 5.80. The minimum atomic E-state index is -0.131. The summed E-state index contributed by atoms with van der Waals surface area (Å²) in [5.74, 6) is -0.0496. The van der Waals surface area contributed by atoms with Crippen molar-refractivity contribution in [2.45, 2.75) is 40.5 Å². The van der Waals surface area contributed by atoms with Gasteiger partial charge >= 0.3 is 0 Å². The molecule has 4 nitrogen and oxygen atoms in total. The van der Waals surface area contributed by atoms with Crippen molar-refractivity contribution >= 4 is 5.91 Å². The molecular formula is C13H28N2O2. The Morgan fingerprint density at radius 2 is 1.94 bits per heavy atom. The van der Waals surface area contributed by atoms with E-state index < -0.39 is 0 Å². The number of hydrogen-bond donors (Lipinski definition) is 2. The van der Waals surface area contributed by atoms with E-state index in [-0.39, 0.29) is 23.8 Å². The van der Waals surface area contributed by atoms with Gasteiger partial charge in [0, 0.05) is 19.6 Å². The SMILES string of the molecule is CCCN(CCO)C(=O)C(CN)CC(C)(C)C. The van der Waals surface area contributed by atoms with Crippen molar-refractivity contribution in [1.82, 2.24) is 4.90 Å². The summed E-state index contributed by atoms with van der Waals surface area (Å²) in [6.45, 7) is 9.85. The fourth-order valence-electron chi connectivity index (χ4n) is 1.99. The van der Waals surface area contributed by atoms with Crippen LogP contribution in [0.3, 0.4) is 0 Å². The van der Waals surface area contributed by atoms with Crippen LogP contribution >= 0.6 is 0 Å². The minimum absolute atomic E-state index is 0.0124. The van der Waals surface area contributed by atoms with Gasteiger partial charge in [0.15, 0.2) is 0 Å². The van der Waals surface area contributed by atoms with Gasteiger partial charge < -0.3 is 15.7 Å². The highest BCUT2D eigenvalue weighted by molar-refractivity contribution is 5.79. The monoisotopic (exact) mass is 244 g/mol. The normalized spacial score (nSPS) is 13.5. The second kappa shape index (κ2) is 7.67. The van der Waals surface area contributed by atoms with Gasteiger partial charge in [-0.2, -0.15) is 0 Å². The van der Waals surface area contributed by atoms with Crippen LogP contribution < -0.4 is 5.73 Å². The highest BCUT2D eigenvalue weighted by Crippen LogP contribution is 2.25. The third-order valence-electron chi connectivity index (χ3n) is 2.67. The number of carbonyl (C=O) groups is 1. The van der Waals surface area contributed by atoms with Crippen molar-refractivity contribution in [3.63, 3.8) is 0 Å². The molecule has 0 aliphatic rings. The number of amides is 1. The van der Waals surface area contributed by atoms with Gasteiger partial charge in [-0.3, -0.25) is 4.79 Å². The number of aliphatic hydroxyl groups is 1. The number of carbonyl (C=O) groups excluding carboxylic acids is 1. The van der Waals surface area contributed by atoms with Crippen LogP contribution in [0.1, 0.15) is 40.5 Å². The molecule has 0 radical (unpaired) electrons. The molecule has 1 unspecified atom stereocenters. The molecule has 0 aliphatic carbocycles. The van der Waals surface area contributed by atoms with Crippen molar-refractivity contribution < 1.29 is 9.90 Å². The third kappa shape index (κ3) is 6.64. The zero-order valence-electron chi connectivity index (χ0n) is 11.7. The van der Waals surface area contributed by atoms with Crippen LogP contribution in [0.15, 0.2) is 0 Å². The average molecular weight is 244 g/mol. The number of aliphatic hydroxyl groups excluding tert-OH is 1. The van der Waals surface area contributed by atoms with E-state index in [9.17, 15) is 4.79 Å². The molecule has 1 atom stereocenters. The topological polar surface area (TPSA) is 66.6 Å². The first-order valence-corrected chi connectivity index (χ1v) is 6.45. The molecule has 17 heavy (non-hydrogen) atoms. The number of nitrogens with two attached hydrogens (primary N) is 1. The quantitative estimate of drug-likeness (QED) is 0.708. The van der Waals surface area contributed by atoms with Gasteiger partial charge in [-0.25, -0.2) is 0 Å². The Labute approximate surface area is 105 Å². The van der Waals surface area contributed by atoms with Crippen LogP contribution in [0.4, 0.5) is 0 Å². The molecule has 0 saturated carbocycles. The van der Waals surface area contributed by atoms with Crippen molar-refractivity contribution in [3.8, 4) is 0 Å². The molecule has 1 amide bonds. The highest BCUT2D eigenvalue weighted by atomic mass is 16.3. The Morgan fingerprint density at radius 3 is 2.29 bits per heavy atom. The fraction of sp³-hybridized carbons (Fsp3) is 0.923. The predicted octanol–water partition coefficient (Wildman–Crippen LogP) is 1.23. The maximum absolute atomic E-state index is 12.3. The first kappa shape index (κ1) is 16.4. The van der Waals surface area contributed by atoms with E-state index >= 15 is 0 Å².